The van der Waals surface area contributed by atoms with Gasteiger partial charge in [0, 0.05) is 11.4 Å². The van der Waals surface area contributed by atoms with Gasteiger partial charge in [-0.2, -0.15) is 0 Å². The predicted octanol–water partition coefficient (Wildman–Crippen LogP) is 3.07. The Bertz CT molecular complexity index is 784. The number of piperidine rings is 1. The summed E-state index contributed by atoms with van der Waals surface area (Å²) in [5, 5.41) is 4.67. The first-order valence-corrected chi connectivity index (χ1v) is 7.81. The van der Waals surface area contributed by atoms with Crippen molar-refractivity contribution in [1.82, 2.24) is 19.9 Å². The van der Waals surface area contributed by atoms with E-state index >= 15 is 0 Å². The molecule has 0 unspecified atom stereocenters. The van der Waals surface area contributed by atoms with Crippen LogP contribution in [0.15, 0.2) is 30.7 Å². The number of nitrogens with one attached hydrogen (secondary N) is 1. The normalized spacial score (nSPS) is 16.8. The second-order valence-electron chi connectivity index (χ2n) is 5.83. The number of aryl methyl sites for hydroxylation is 1. The molecule has 1 aliphatic heterocycles. The Balaban J connectivity index is 1.96. The fraction of sp³-hybridized carbons (Fsp3) is 0.412. The van der Waals surface area contributed by atoms with Crippen molar-refractivity contribution in [1.29, 1.82) is 0 Å². The Kier molecular flexibility index (Phi) is 3.11. The molecule has 4 rings (SSSR count). The Morgan fingerprint density at radius 2 is 2.05 bits per heavy atom. The lowest BCUT2D eigenvalue weighted by atomic mass is 10.0. The van der Waals surface area contributed by atoms with E-state index in [-0.39, 0.29) is 0 Å². The first-order chi connectivity index (χ1) is 10.4. The second kappa shape index (κ2) is 5.11. The smallest absolute Gasteiger partial charge is 0.107 e. The first kappa shape index (κ1) is 12.8. The molecule has 0 aliphatic carbocycles. The lowest BCUT2D eigenvalue weighted by Gasteiger charge is -2.24. The van der Waals surface area contributed by atoms with E-state index in [1.807, 2.05) is 12.5 Å². The summed E-state index contributed by atoms with van der Waals surface area (Å²) in [7, 11) is 0. The van der Waals surface area contributed by atoms with Crippen LogP contribution in [0, 0.1) is 0 Å². The minimum atomic E-state index is 0.548. The number of nitrogens with zero attached hydrogens (tertiary/aromatic N) is 3. The summed E-state index contributed by atoms with van der Waals surface area (Å²) >= 11 is 0. The zero-order valence-corrected chi connectivity index (χ0v) is 12.3. The largest absolute Gasteiger partial charge is 0.327 e. The van der Waals surface area contributed by atoms with Crippen LogP contribution in [-0.2, 0) is 6.42 Å². The molecule has 1 N–H and O–H groups in total. The minimum Gasteiger partial charge on any atom is -0.327 e. The topological polar surface area (TPSA) is 42.7 Å². The zero-order valence-electron chi connectivity index (χ0n) is 12.3. The number of fused-ring (bicyclic) bond motifs is 3. The maximum atomic E-state index is 4.58. The molecule has 3 heterocycles. The monoisotopic (exact) mass is 280 g/mol. The van der Waals surface area contributed by atoms with Crippen molar-refractivity contribution in [2.24, 2.45) is 0 Å². The van der Waals surface area contributed by atoms with Crippen LogP contribution in [0.5, 0.6) is 0 Å². The SMILES string of the molecule is CCc1ccc2ncc3ncn(C4CCNCC4)c3c2c1. The van der Waals surface area contributed by atoms with Crippen LogP contribution in [0.4, 0.5) is 0 Å². The highest BCUT2D eigenvalue weighted by atomic mass is 15.1. The van der Waals surface area contributed by atoms with Gasteiger partial charge < -0.3 is 9.88 Å². The van der Waals surface area contributed by atoms with Crippen LogP contribution in [0.2, 0.25) is 0 Å². The molecule has 1 fully saturated rings. The quantitative estimate of drug-likeness (QED) is 0.784. The van der Waals surface area contributed by atoms with Crippen molar-refractivity contribution in [3.63, 3.8) is 0 Å². The van der Waals surface area contributed by atoms with E-state index in [2.05, 4.69) is 45.0 Å². The molecule has 3 aromatic rings. The van der Waals surface area contributed by atoms with Crippen molar-refractivity contribution in [2.45, 2.75) is 32.2 Å². The lowest BCUT2D eigenvalue weighted by Crippen LogP contribution is -2.29. The summed E-state index contributed by atoms with van der Waals surface area (Å²) < 4.78 is 2.37. The van der Waals surface area contributed by atoms with E-state index < -0.39 is 0 Å². The molecule has 0 radical (unpaired) electrons. The van der Waals surface area contributed by atoms with Gasteiger partial charge in [-0.25, -0.2) is 4.98 Å². The highest BCUT2D eigenvalue weighted by molar-refractivity contribution is 6.02. The standard InChI is InChI=1S/C17H20N4/c1-2-12-3-4-15-14(9-12)17-16(10-19-15)20-11-21(17)13-5-7-18-8-6-13/h3-4,9-11,13,18H,2,5-8H2,1H3. The number of imidazole rings is 1. The van der Waals surface area contributed by atoms with Gasteiger partial charge in [0.25, 0.3) is 0 Å². The van der Waals surface area contributed by atoms with E-state index in [9.17, 15) is 0 Å². The van der Waals surface area contributed by atoms with Gasteiger partial charge in [-0.15, -0.1) is 0 Å². The molecule has 21 heavy (non-hydrogen) atoms. The fourth-order valence-electron chi connectivity index (χ4n) is 3.34. The average molecular weight is 280 g/mol. The van der Waals surface area contributed by atoms with E-state index in [0.29, 0.717) is 6.04 Å². The zero-order chi connectivity index (χ0) is 14.2. The third-order valence-corrected chi connectivity index (χ3v) is 4.57. The minimum absolute atomic E-state index is 0.548. The van der Waals surface area contributed by atoms with Crippen LogP contribution >= 0.6 is 0 Å². The molecule has 0 atom stereocenters. The van der Waals surface area contributed by atoms with Gasteiger partial charge in [-0.1, -0.05) is 13.0 Å². The molecule has 4 nitrogen and oxygen atoms in total. The Hall–Kier alpha value is -1.94. The highest BCUT2D eigenvalue weighted by Crippen LogP contribution is 2.29. The van der Waals surface area contributed by atoms with E-state index in [4.69, 9.17) is 0 Å². The predicted molar refractivity (Wildman–Crippen MR) is 85.6 cm³/mol. The van der Waals surface area contributed by atoms with Gasteiger partial charge >= 0.3 is 0 Å². The van der Waals surface area contributed by atoms with Gasteiger partial charge in [0.2, 0.25) is 0 Å². The number of aromatic nitrogens is 3. The molecule has 0 amide bonds. The van der Waals surface area contributed by atoms with Crippen molar-refractivity contribution in [3.05, 3.63) is 36.3 Å². The second-order valence-corrected chi connectivity index (χ2v) is 5.83. The van der Waals surface area contributed by atoms with Crippen molar-refractivity contribution >= 4 is 21.9 Å². The van der Waals surface area contributed by atoms with Crippen molar-refractivity contribution < 1.29 is 0 Å². The number of hydrogen-bond donors (Lipinski definition) is 1. The Morgan fingerprint density at radius 3 is 2.86 bits per heavy atom. The number of hydrogen-bond acceptors (Lipinski definition) is 3. The molecule has 1 saturated heterocycles. The molecular weight excluding hydrogens is 260 g/mol. The molecule has 0 bridgehead atoms. The van der Waals surface area contributed by atoms with Gasteiger partial charge in [-0.05, 0) is 50.0 Å². The molecular formula is C17H20N4. The van der Waals surface area contributed by atoms with Crippen molar-refractivity contribution in [3.8, 4) is 0 Å². The average Bonchev–Trinajstić information content (AvgIpc) is 2.99. The molecule has 0 spiro atoms. The maximum Gasteiger partial charge on any atom is 0.107 e. The highest BCUT2D eigenvalue weighted by Gasteiger charge is 2.18. The van der Waals surface area contributed by atoms with Gasteiger partial charge in [-0.3, -0.25) is 4.98 Å². The van der Waals surface area contributed by atoms with Crippen molar-refractivity contribution in [2.75, 3.05) is 13.1 Å². The van der Waals surface area contributed by atoms with Gasteiger partial charge in [0.15, 0.2) is 0 Å². The van der Waals surface area contributed by atoms with Crippen LogP contribution < -0.4 is 5.32 Å². The molecule has 1 aromatic carbocycles. The third-order valence-electron chi connectivity index (χ3n) is 4.57. The summed E-state index contributed by atoms with van der Waals surface area (Å²) in [4.78, 5) is 9.13. The van der Waals surface area contributed by atoms with Gasteiger partial charge in [0.05, 0.1) is 23.6 Å². The first-order valence-electron chi connectivity index (χ1n) is 7.81. The van der Waals surface area contributed by atoms with Crippen LogP contribution in [0.25, 0.3) is 21.9 Å². The summed E-state index contributed by atoms with van der Waals surface area (Å²) in [6.07, 6.45) is 7.29. The summed E-state index contributed by atoms with van der Waals surface area (Å²) in [6.45, 7) is 4.37. The van der Waals surface area contributed by atoms with E-state index in [0.717, 1.165) is 30.5 Å². The van der Waals surface area contributed by atoms with Gasteiger partial charge in [0.1, 0.15) is 5.52 Å². The molecule has 108 valence electrons. The lowest BCUT2D eigenvalue weighted by molar-refractivity contribution is 0.375. The number of benzene rings is 1. The van der Waals surface area contributed by atoms with Crippen LogP contribution in [-0.4, -0.2) is 27.6 Å². The summed E-state index contributed by atoms with van der Waals surface area (Å²) in [5.41, 5.74) is 4.68. The maximum absolute atomic E-state index is 4.58. The van der Waals surface area contributed by atoms with E-state index in [1.165, 1.54) is 29.3 Å². The Morgan fingerprint density at radius 1 is 1.19 bits per heavy atom. The van der Waals surface area contributed by atoms with Crippen LogP contribution in [0.1, 0.15) is 31.4 Å². The van der Waals surface area contributed by atoms with Crippen LogP contribution in [0.3, 0.4) is 0 Å². The number of rotatable bonds is 2. The third kappa shape index (κ3) is 2.10. The fourth-order valence-corrected chi connectivity index (χ4v) is 3.34. The molecule has 0 saturated carbocycles. The molecule has 4 heteroatoms. The number of pyridine rings is 1. The summed E-state index contributed by atoms with van der Waals surface area (Å²) in [5.74, 6) is 0. The Labute approximate surface area is 124 Å². The van der Waals surface area contributed by atoms with E-state index in [1.54, 1.807) is 0 Å². The molecule has 1 aliphatic rings. The summed E-state index contributed by atoms with van der Waals surface area (Å²) in [6, 6.07) is 7.14. The molecule has 2 aromatic heterocycles.